The minimum Gasteiger partial charge on any atom is -0.279 e. The summed E-state index contributed by atoms with van der Waals surface area (Å²) in [6, 6.07) is 8.67. The number of non-ortho nitro benzene ring substituents is 1. The van der Waals surface area contributed by atoms with Crippen molar-refractivity contribution in [2.45, 2.75) is 31.7 Å². The number of nitro benzene ring substituents is 1. The van der Waals surface area contributed by atoms with Crippen LogP contribution in [0.25, 0.3) is 0 Å². The van der Waals surface area contributed by atoms with Crippen LogP contribution in [0.1, 0.15) is 18.1 Å². The summed E-state index contributed by atoms with van der Waals surface area (Å²) in [5, 5.41) is 10.1. The van der Waals surface area contributed by atoms with E-state index in [4.69, 9.17) is 11.6 Å². The van der Waals surface area contributed by atoms with Gasteiger partial charge in [-0.25, -0.2) is 8.42 Å². The second kappa shape index (κ2) is 7.43. The molecule has 2 aromatic carbocycles. The quantitative estimate of drug-likeness (QED) is 0.422. The van der Waals surface area contributed by atoms with Crippen molar-refractivity contribution in [2.24, 2.45) is 0 Å². The van der Waals surface area contributed by atoms with E-state index in [9.17, 15) is 23.3 Å². The van der Waals surface area contributed by atoms with Crippen molar-refractivity contribution < 1.29 is 18.1 Å². The maximum Gasteiger partial charge on any atom is 0.270 e. The van der Waals surface area contributed by atoms with E-state index in [1.807, 2.05) is 0 Å². The Kier molecular flexibility index (Phi) is 5.68. The fourth-order valence-corrected chi connectivity index (χ4v) is 4.58. The number of para-hydroxylation sites is 1. The zero-order chi connectivity index (χ0) is 19.6. The number of hydrogen-bond donors (Lipinski definition) is 0. The van der Waals surface area contributed by atoms with Gasteiger partial charge in [0.2, 0.25) is 5.24 Å². The number of carbonyl (C=O) groups is 1. The van der Waals surface area contributed by atoms with Gasteiger partial charge in [-0.05, 0) is 49.6 Å². The van der Waals surface area contributed by atoms with Crippen molar-refractivity contribution in [3.8, 4) is 0 Å². The van der Waals surface area contributed by atoms with Crippen molar-refractivity contribution in [3.05, 3.63) is 63.7 Å². The van der Waals surface area contributed by atoms with Gasteiger partial charge in [-0.2, -0.15) is 0 Å². The SMILES string of the molecule is Cc1cccc(C)c1N(C(C)C(=O)Cl)S(=O)(=O)c1cccc([N+](=O)[O-])c1. The molecular weight excluding hydrogens is 380 g/mol. The Morgan fingerprint density at radius 3 is 2.19 bits per heavy atom. The van der Waals surface area contributed by atoms with Crippen LogP contribution >= 0.6 is 11.6 Å². The number of nitrogens with zero attached hydrogens (tertiary/aromatic N) is 2. The molecule has 0 spiro atoms. The lowest BCUT2D eigenvalue weighted by atomic mass is 10.1. The summed E-state index contributed by atoms with van der Waals surface area (Å²) in [7, 11) is -4.28. The topological polar surface area (TPSA) is 97.6 Å². The fourth-order valence-electron chi connectivity index (χ4n) is 2.64. The number of anilines is 1. The van der Waals surface area contributed by atoms with Crippen LogP contribution in [0.4, 0.5) is 11.4 Å². The highest BCUT2D eigenvalue weighted by Gasteiger charge is 2.35. The normalized spacial score (nSPS) is 12.5. The third-order valence-corrected chi connectivity index (χ3v) is 6.11. The van der Waals surface area contributed by atoms with E-state index in [1.54, 1.807) is 32.0 Å². The Morgan fingerprint density at radius 2 is 1.69 bits per heavy atom. The van der Waals surface area contributed by atoms with Gasteiger partial charge in [0.15, 0.2) is 0 Å². The molecule has 1 unspecified atom stereocenters. The molecule has 0 aliphatic carbocycles. The molecular formula is C17H17ClN2O5S. The molecule has 1 atom stereocenters. The van der Waals surface area contributed by atoms with Crippen LogP contribution in [0.15, 0.2) is 47.4 Å². The van der Waals surface area contributed by atoms with Gasteiger partial charge in [-0.15, -0.1) is 0 Å². The first-order valence-corrected chi connectivity index (χ1v) is 9.43. The lowest BCUT2D eigenvalue weighted by Crippen LogP contribution is -2.42. The maximum absolute atomic E-state index is 13.3. The first kappa shape index (κ1) is 19.9. The Morgan fingerprint density at radius 1 is 1.15 bits per heavy atom. The zero-order valence-corrected chi connectivity index (χ0v) is 15.9. The lowest BCUT2D eigenvalue weighted by molar-refractivity contribution is -0.385. The highest BCUT2D eigenvalue weighted by Crippen LogP contribution is 2.33. The predicted molar refractivity (Wildman–Crippen MR) is 99.0 cm³/mol. The second-order valence-electron chi connectivity index (χ2n) is 5.78. The van der Waals surface area contributed by atoms with Gasteiger partial charge >= 0.3 is 0 Å². The number of halogens is 1. The highest BCUT2D eigenvalue weighted by molar-refractivity contribution is 7.93. The molecule has 0 radical (unpaired) electrons. The largest absolute Gasteiger partial charge is 0.279 e. The zero-order valence-electron chi connectivity index (χ0n) is 14.3. The molecule has 138 valence electrons. The molecule has 0 aliphatic rings. The van der Waals surface area contributed by atoms with E-state index in [-0.39, 0.29) is 10.6 Å². The molecule has 0 aliphatic heterocycles. The van der Waals surface area contributed by atoms with E-state index in [0.717, 1.165) is 10.4 Å². The van der Waals surface area contributed by atoms with Crippen LogP contribution in [0, 0.1) is 24.0 Å². The molecule has 0 heterocycles. The van der Waals surface area contributed by atoms with Crippen LogP contribution in [-0.4, -0.2) is 24.6 Å². The third kappa shape index (κ3) is 3.71. The summed E-state index contributed by atoms with van der Waals surface area (Å²) in [4.78, 5) is 21.8. The van der Waals surface area contributed by atoms with Crippen molar-refractivity contribution in [2.75, 3.05) is 4.31 Å². The monoisotopic (exact) mass is 396 g/mol. The van der Waals surface area contributed by atoms with Crippen LogP contribution < -0.4 is 4.31 Å². The van der Waals surface area contributed by atoms with E-state index in [0.29, 0.717) is 16.8 Å². The molecule has 2 aromatic rings. The molecule has 26 heavy (non-hydrogen) atoms. The highest BCUT2D eigenvalue weighted by atomic mass is 35.5. The van der Waals surface area contributed by atoms with Crippen molar-refractivity contribution in [1.82, 2.24) is 0 Å². The summed E-state index contributed by atoms with van der Waals surface area (Å²) in [6.07, 6.45) is 0. The van der Waals surface area contributed by atoms with Crippen molar-refractivity contribution in [1.29, 1.82) is 0 Å². The first-order chi connectivity index (χ1) is 12.1. The summed E-state index contributed by atoms with van der Waals surface area (Å²) in [6.45, 7) is 4.80. The number of nitro groups is 1. The Labute approximate surface area is 156 Å². The lowest BCUT2D eigenvalue weighted by Gasteiger charge is -2.31. The van der Waals surface area contributed by atoms with E-state index in [1.165, 1.54) is 25.1 Å². The fraction of sp³-hybridized carbons (Fsp3) is 0.235. The molecule has 0 fully saturated rings. The summed E-state index contributed by atoms with van der Waals surface area (Å²) < 4.78 is 27.4. The van der Waals surface area contributed by atoms with Gasteiger partial charge < -0.3 is 0 Å². The Balaban J connectivity index is 2.75. The number of carbonyl (C=O) groups excluding carboxylic acids is 1. The number of rotatable bonds is 6. The van der Waals surface area contributed by atoms with Crippen LogP contribution in [0.3, 0.4) is 0 Å². The van der Waals surface area contributed by atoms with Crippen LogP contribution in [0.2, 0.25) is 0 Å². The number of sulfonamides is 1. The molecule has 9 heteroatoms. The smallest absolute Gasteiger partial charge is 0.270 e. The van der Waals surface area contributed by atoms with Crippen molar-refractivity contribution in [3.63, 3.8) is 0 Å². The summed E-state index contributed by atoms with van der Waals surface area (Å²) >= 11 is 5.60. The molecule has 0 N–H and O–H groups in total. The third-order valence-electron chi connectivity index (χ3n) is 3.93. The minimum absolute atomic E-state index is 0.292. The number of aryl methyl sites for hydroxylation is 2. The van der Waals surface area contributed by atoms with Gasteiger partial charge in [0.05, 0.1) is 15.5 Å². The average molecular weight is 397 g/mol. The van der Waals surface area contributed by atoms with Gasteiger partial charge in [0, 0.05) is 12.1 Å². The molecule has 7 nitrogen and oxygen atoms in total. The van der Waals surface area contributed by atoms with Crippen LogP contribution in [-0.2, 0) is 14.8 Å². The molecule has 0 aromatic heterocycles. The Hall–Kier alpha value is -2.45. The predicted octanol–water partition coefficient (Wildman–Crippen LogP) is 3.56. The molecule has 0 bridgehead atoms. The standard InChI is InChI=1S/C17H17ClN2O5S/c1-11-6-4-7-12(2)16(11)19(13(3)17(18)21)26(24,25)15-9-5-8-14(10-15)20(22)23/h4-10,13H,1-3H3. The number of hydrogen-bond acceptors (Lipinski definition) is 5. The maximum atomic E-state index is 13.3. The molecule has 2 rings (SSSR count). The van der Waals surface area contributed by atoms with Gasteiger partial charge in [-0.1, -0.05) is 24.3 Å². The van der Waals surface area contributed by atoms with E-state index in [2.05, 4.69) is 0 Å². The molecule has 0 saturated heterocycles. The summed E-state index contributed by atoms with van der Waals surface area (Å²) in [5.74, 6) is 0. The van der Waals surface area contributed by atoms with Gasteiger partial charge in [-0.3, -0.25) is 19.2 Å². The van der Waals surface area contributed by atoms with E-state index >= 15 is 0 Å². The first-order valence-electron chi connectivity index (χ1n) is 7.62. The van der Waals surface area contributed by atoms with Gasteiger partial charge in [0.1, 0.15) is 6.04 Å². The molecule has 0 amide bonds. The van der Waals surface area contributed by atoms with Crippen LogP contribution in [0.5, 0.6) is 0 Å². The number of benzene rings is 2. The van der Waals surface area contributed by atoms with Crippen molar-refractivity contribution >= 4 is 38.2 Å². The minimum atomic E-state index is -4.28. The van der Waals surface area contributed by atoms with Gasteiger partial charge in [0.25, 0.3) is 15.7 Å². The second-order valence-corrected chi connectivity index (χ2v) is 7.96. The molecule has 0 saturated carbocycles. The summed E-state index contributed by atoms with van der Waals surface area (Å²) in [5.41, 5.74) is 1.21. The average Bonchev–Trinajstić information content (AvgIpc) is 2.57. The van der Waals surface area contributed by atoms with E-state index < -0.39 is 26.2 Å². The Bertz CT molecular complexity index is 955.